The Labute approximate surface area is 95.4 Å². The van der Waals surface area contributed by atoms with Crippen LogP contribution < -0.4 is 5.32 Å². The van der Waals surface area contributed by atoms with Gasteiger partial charge >= 0.3 is 0 Å². The lowest BCUT2D eigenvalue weighted by Crippen LogP contribution is -2.12. The summed E-state index contributed by atoms with van der Waals surface area (Å²) in [4.78, 5) is 11.3. The molecule has 1 rings (SSSR count). The molecular formula is C10H11BrFNO2. The molecule has 0 bridgehead atoms. The van der Waals surface area contributed by atoms with Gasteiger partial charge in [-0.1, -0.05) is 0 Å². The highest BCUT2D eigenvalue weighted by Crippen LogP contribution is 2.23. The topological polar surface area (TPSA) is 49.3 Å². The molecule has 1 aromatic carbocycles. The summed E-state index contributed by atoms with van der Waals surface area (Å²) in [6, 6.07) is 4.03. The van der Waals surface area contributed by atoms with E-state index in [4.69, 9.17) is 5.11 Å². The smallest absolute Gasteiger partial charge is 0.224 e. The standard InChI is InChI=1S/C10H11BrFNO2/c11-8-6-7(12)3-4-9(8)13-10(15)2-1-5-14/h3-4,6,14H,1-2,5H2,(H,13,15). The summed E-state index contributed by atoms with van der Waals surface area (Å²) >= 11 is 3.14. The van der Waals surface area contributed by atoms with Gasteiger partial charge in [0.2, 0.25) is 5.91 Å². The highest BCUT2D eigenvalue weighted by atomic mass is 79.9. The van der Waals surface area contributed by atoms with Crippen molar-refractivity contribution < 1.29 is 14.3 Å². The second-order valence-electron chi connectivity index (χ2n) is 3.00. The molecular weight excluding hydrogens is 265 g/mol. The van der Waals surface area contributed by atoms with Gasteiger partial charge in [0.05, 0.1) is 5.69 Å². The zero-order chi connectivity index (χ0) is 11.3. The Hall–Kier alpha value is -0.940. The number of aliphatic hydroxyl groups is 1. The van der Waals surface area contributed by atoms with Gasteiger partial charge in [-0.2, -0.15) is 0 Å². The first-order valence-corrected chi connectivity index (χ1v) is 5.28. The summed E-state index contributed by atoms with van der Waals surface area (Å²) in [5.41, 5.74) is 0.527. The molecule has 0 fully saturated rings. The van der Waals surface area contributed by atoms with Crippen molar-refractivity contribution in [2.75, 3.05) is 11.9 Å². The van der Waals surface area contributed by atoms with E-state index in [-0.39, 0.29) is 24.8 Å². The fourth-order valence-electron chi connectivity index (χ4n) is 1.04. The minimum atomic E-state index is -0.366. The molecule has 3 nitrogen and oxygen atoms in total. The van der Waals surface area contributed by atoms with Crippen molar-refractivity contribution in [2.24, 2.45) is 0 Å². The molecule has 5 heteroatoms. The third kappa shape index (κ3) is 3.97. The van der Waals surface area contributed by atoms with Crippen molar-refractivity contribution in [3.63, 3.8) is 0 Å². The molecule has 2 N–H and O–H groups in total. The Morgan fingerprint density at radius 2 is 2.27 bits per heavy atom. The van der Waals surface area contributed by atoms with Gasteiger partial charge in [0, 0.05) is 17.5 Å². The molecule has 0 saturated carbocycles. The van der Waals surface area contributed by atoms with Gasteiger partial charge in [0.1, 0.15) is 5.82 Å². The van der Waals surface area contributed by atoms with Crippen LogP contribution in [-0.2, 0) is 4.79 Å². The average Bonchev–Trinajstić information content (AvgIpc) is 2.19. The number of carbonyl (C=O) groups is 1. The predicted octanol–water partition coefficient (Wildman–Crippen LogP) is 2.30. The number of hydrogen-bond donors (Lipinski definition) is 2. The van der Waals surface area contributed by atoms with Crippen molar-refractivity contribution in [3.8, 4) is 0 Å². The third-order valence-corrected chi connectivity index (χ3v) is 2.42. The number of rotatable bonds is 4. The first kappa shape index (κ1) is 12.1. The minimum Gasteiger partial charge on any atom is -0.396 e. The lowest BCUT2D eigenvalue weighted by Gasteiger charge is -2.06. The van der Waals surface area contributed by atoms with Crippen LogP contribution in [0.25, 0.3) is 0 Å². The van der Waals surface area contributed by atoms with Crippen LogP contribution in [-0.4, -0.2) is 17.6 Å². The number of benzene rings is 1. The average molecular weight is 276 g/mol. The zero-order valence-electron chi connectivity index (χ0n) is 7.96. The molecule has 0 aliphatic carbocycles. The van der Waals surface area contributed by atoms with E-state index in [9.17, 15) is 9.18 Å². The Morgan fingerprint density at radius 1 is 1.53 bits per heavy atom. The van der Waals surface area contributed by atoms with E-state index < -0.39 is 0 Å². The molecule has 0 aliphatic heterocycles. The Kier molecular flexibility index (Phi) is 4.71. The Morgan fingerprint density at radius 3 is 2.87 bits per heavy atom. The van der Waals surface area contributed by atoms with Crippen molar-refractivity contribution in [3.05, 3.63) is 28.5 Å². The SMILES string of the molecule is O=C(CCCO)Nc1ccc(F)cc1Br. The van der Waals surface area contributed by atoms with Gasteiger partial charge in [0.15, 0.2) is 0 Å². The summed E-state index contributed by atoms with van der Waals surface area (Å²) < 4.78 is 13.2. The molecule has 0 aliphatic rings. The zero-order valence-corrected chi connectivity index (χ0v) is 9.55. The maximum absolute atomic E-state index is 12.7. The number of anilines is 1. The van der Waals surface area contributed by atoms with E-state index in [2.05, 4.69) is 21.2 Å². The number of nitrogens with one attached hydrogen (secondary N) is 1. The molecule has 82 valence electrons. The molecule has 0 unspecified atom stereocenters. The van der Waals surface area contributed by atoms with Crippen LogP contribution in [0.5, 0.6) is 0 Å². The fraction of sp³-hybridized carbons (Fsp3) is 0.300. The van der Waals surface area contributed by atoms with Gasteiger partial charge in [0.25, 0.3) is 0 Å². The molecule has 1 amide bonds. The van der Waals surface area contributed by atoms with E-state index in [0.717, 1.165) is 0 Å². The van der Waals surface area contributed by atoms with Crippen molar-refractivity contribution in [1.82, 2.24) is 0 Å². The molecule has 0 spiro atoms. The summed E-state index contributed by atoms with van der Waals surface area (Å²) in [6.07, 6.45) is 0.672. The second-order valence-corrected chi connectivity index (χ2v) is 3.85. The van der Waals surface area contributed by atoms with Crippen LogP contribution >= 0.6 is 15.9 Å². The van der Waals surface area contributed by atoms with Crippen LogP contribution in [0.4, 0.5) is 10.1 Å². The third-order valence-electron chi connectivity index (χ3n) is 1.77. The molecule has 15 heavy (non-hydrogen) atoms. The summed E-state index contributed by atoms with van der Waals surface area (Å²) in [5.74, 6) is -0.563. The number of hydrogen-bond acceptors (Lipinski definition) is 2. The van der Waals surface area contributed by atoms with Gasteiger partial charge in [-0.3, -0.25) is 4.79 Å². The van der Waals surface area contributed by atoms with Crippen LogP contribution in [0.3, 0.4) is 0 Å². The van der Waals surface area contributed by atoms with E-state index in [1.165, 1.54) is 18.2 Å². The van der Waals surface area contributed by atoms with Gasteiger partial charge in [-0.05, 0) is 40.5 Å². The van der Waals surface area contributed by atoms with Gasteiger partial charge in [-0.15, -0.1) is 0 Å². The van der Waals surface area contributed by atoms with E-state index in [1.807, 2.05) is 0 Å². The van der Waals surface area contributed by atoms with Crippen molar-refractivity contribution in [2.45, 2.75) is 12.8 Å². The number of aliphatic hydroxyl groups excluding tert-OH is 1. The molecule has 0 radical (unpaired) electrons. The van der Waals surface area contributed by atoms with Gasteiger partial charge in [-0.25, -0.2) is 4.39 Å². The molecule has 0 aromatic heterocycles. The van der Waals surface area contributed by atoms with Crippen LogP contribution in [0.1, 0.15) is 12.8 Å². The lowest BCUT2D eigenvalue weighted by molar-refractivity contribution is -0.116. The Balaban J connectivity index is 2.60. The highest BCUT2D eigenvalue weighted by Gasteiger charge is 2.05. The van der Waals surface area contributed by atoms with Crippen LogP contribution in [0, 0.1) is 5.82 Å². The largest absolute Gasteiger partial charge is 0.396 e. The maximum Gasteiger partial charge on any atom is 0.224 e. The first-order chi connectivity index (χ1) is 7.13. The predicted molar refractivity (Wildman–Crippen MR) is 59.0 cm³/mol. The minimum absolute atomic E-state index is 0.0159. The van der Waals surface area contributed by atoms with Gasteiger partial charge < -0.3 is 10.4 Å². The number of amides is 1. The molecule has 1 aromatic rings. The van der Waals surface area contributed by atoms with Crippen LogP contribution in [0.15, 0.2) is 22.7 Å². The molecule has 0 atom stereocenters. The Bertz CT molecular complexity index is 357. The highest BCUT2D eigenvalue weighted by molar-refractivity contribution is 9.10. The van der Waals surface area contributed by atoms with Crippen molar-refractivity contribution in [1.29, 1.82) is 0 Å². The van der Waals surface area contributed by atoms with E-state index in [1.54, 1.807) is 0 Å². The summed E-state index contributed by atoms with van der Waals surface area (Å²) in [5, 5.41) is 11.1. The monoisotopic (exact) mass is 275 g/mol. The summed E-state index contributed by atoms with van der Waals surface area (Å²) in [7, 11) is 0. The number of carbonyl (C=O) groups excluding carboxylic acids is 1. The van der Waals surface area contributed by atoms with Crippen molar-refractivity contribution >= 4 is 27.5 Å². The lowest BCUT2D eigenvalue weighted by atomic mass is 10.2. The van der Waals surface area contributed by atoms with E-state index in [0.29, 0.717) is 16.6 Å². The molecule has 0 saturated heterocycles. The summed E-state index contributed by atoms with van der Waals surface area (Å²) in [6.45, 7) is -0.0159. The maximum atomic E-state index is 12.7. The second kappa shape index (κ2) is 5.82. The first-order valence-electron chi connectivity index (χ1n) is 4.49. The fourth-order valence-corrected chi connectivity index (χ4v) is 1.49. The quantitative estimate of drug-likeness (QED) is 0.886. The molecule has 0 heterocycles. The van der Waals surface area contributed by atoms with E-state index >= 15 is 0 Å². The van der Waals surface area contributed by atoms with Crippen LogP contribution in [0.2, 0.25) is 0 Å². The number of halogens is 2. The normalized spacial score (nSPS) is 10.1.